The van der Waals surface area contributed by atoms with E-state index in [1.54, 1.807) is 42.7 Å². The first kappa shape index (κ1) is 49.6. The number of rotatable bonds is 13. The molecule has 6 heteroatoms. The summed E-state index contributed by atoms with van der Waals surface area (Å²) in [7, 11) is 10.3. The highest BCUT2D eigenvalue weighted by Gasteiger charge is 2.37. The third-order valence-corrected chi connectivity index (χ3v) is 14.8. The molecule has 6 nitrogen and oxygen atoms in total. The van der Waals surface area contributed by atoms with E-state index in [4.69, 9.17) is 28.4 Å². The van der Waals surface area contributed by atoms with Crippen LogP contribution in [0.1, 0.15) is 129 Å². The van der Waals surface area contributed by atoms with Gasteiger partial charge in [-0.2, -0.15) is 0 Å². The van der Waals surface area contributed by atoms with Gasteiger partial charge in [0.15, 0.2) is 0 Å². The number of methoxy groups -OCH3 is 6. The third-order valence-electron chi connectivity index (χ3n) is 14.8. The van der Waals surface area contributed by atoms with Crippen LogP contribution in [0.5, 0.6) is 34.5 Å². The lowest BCUT2D eigenvalue weighted by Crippen LogP contribution is -2.30. The van der Waals surface area contributed by atoms with E-state index in [1.807, 2.05) is 24.3 Å². The maximum atomic E-state index is 5.46. The summed E-state index contributed by atoms with van der Waals surface area (Å²) >= 11 is 0. The average molecular weight is 891 g/mol. The van der Waals surface area contributed by atoms with E-state index >= 15 is 0 Å². The third kappa shape index (κ3) is 11.0. The predicted octanol–water partition coefficient (Wildman–Crippen LogP) is 14.9. The Bertz CT molecular complexity index is 2240. The van der Waals surface area contributed by atoms with Crippen molar-refractivity contribution in [3.8, 4) is 34.5 Å². The van der Waals surface area contributed by atoms with Gasteiger partial charge in [-0.25, -0.2) is 0 Å². The molecule has 0 spiro atoms. The highest BCUT2D eigenvalue weighted by molar-refractivity contribution is 5.49. The van der Waals surface area contributed by atoms with Gasteiger partial charge in [-0.3, -0.25) is 0 Å². The molecule has 0 atom stereocenters. The van der Waals surface area contributed by atoms with Crippen molar-refractivity contribution in [2.45, 2.75) is 115 Å². The largest absolute Gasteiger partial charge is 0.497 e. The molecular weight excluding hydrogens is 817 g/mol. The second kappa shape index (κ2) is 23.0. The summed E-state index contributed by atoms with van der Waals surface area (Å²) < 4.78 is 32.0. The van der Waals surface area contributed by atoms with E-state index < -0.39 is 0 Å². The van der Waals surface area contributed by atoms with E-state index in [0.717, 1.165) is 40.9 Å². The van der Waals surface area contributed by atoms with Crippen molar-refractivity contribution in [1.29, 1.82) is 0 Å². The summed E-state index contributed by atoms with van der Waals surface area (Å²) in [4.78, 5) is 0. The Labute approximate surface area is 396 Å². The molecule has 0 N–H and O–H groups in total. The van der Waals surface area contributed by atoms with Gasteiger partial charge >= 0.3 is 0 Å². The monoisotopic (exact) mass is 891 g/mol. The Morgan fingerprint density at radius 1 is 0.379 bits per heavy atom. The summed E-state index contributed by atoms with van der Waals surface area (Å²) in [6.45, 7) is 8.77. The Balaban J connectivity index is 0.000000164. The number of ether oxygens (including phenoxy) is 6. The fourth-order valence-corrected chi connectivity index (χ4v) is 10.5. The first-order chi connectivity index (χ1) is 32.0. The van der Waals surface area contributed by atoms with Crippen molar-refractivity contribution in [2.24, 2.45) is 0 Å². The Morgan fingerprint density at radius 3 is 0.939 bits per heavy atom. The fraction of sp³-hybridized carbons (Fsp3) is 0.400. The van der Waals surface area contributed by atoms with E-state index in [1.165, 1.54) is 109 Å². The fourth-order valence-electron chi connectivity index (χ4n) is 10.5. The summed E-state index contributed by atoms with van der Waals surface area (Å²) in [5.74, 6) is 5.56. The van der Waals surface area contributed by atoms with Crippen molar-refractivity contribution in [1.82, 2.24) is 0 Å². The van der Waals surface area contributed by atoms with Crippen LogP contribution < -0.4 is 28.4 Å². The van der Waals surface area contributed by atoms with Gasteiger partial charge in [0.25, 0.3) is 0 Å². The second-order valence-electron chi connectivity index (χ2n) is 18.3. The summed E-state index contributed by atoms with van der Waals surface area (Å²) in [5.41, 5.74) is 10.9. The number of benzene rings is 6. The highest BCUT2D eigenvalue weighted by Crippen LogP contribution is 2.48. The predicted molar refractivity (Wildman–Crippen MR) is 272 cm³/mol. The van der Waals surface area contributed by atoms with Gasteiger partial charge in [0, 0.05) is 16.2 Å². The van der Waals surface area contributed by atoms with Crippen molar-refractivity contribution in [3.05, 3.63) is 178 Å². The molecule has 6 aromatic rings. The highest BCUT2D eigenvalue weighted by atomic mass is 16.5. The molecule has 0 amide bonds. The SMILES string of the molecule is CCC(C)(c1ccc(OC)cc1)c1ccc(OC)cc1.COc1ccc(C2(c3ccc(OC)c(C)c3)CCCCC2)cc1C.COc1ccc(C2(c3ccc(OC)cc3)CCCCC2)cc1. The first-order valence-electron chi connectivity index (χ1n) is 23.9. The minimum absolute atomic E-state index is 0.00145. The van der Waals surface area contributed by atoms with Gasteiger partial charge in [0.2, 0.25) is 0 Å². The van der Waals surface area contributed by atoms with Gasteiger partial charge in [-0.1, -0.05) is 125 Å². The summed E-state index contributed by atoms with van der Waals surface area (Å²) in [6.07, 6.45) is 13.7. The normalized spacial score (nSPS) is 15.1. The van der Waals surface area contributed by atoms with E-state index in [2.05, 4.69) is 137 Å². The molecule has 0 heterocycles. The first-order valence-corrected chi connectivity index (χ1v) is 23.9. The molecule has 6 aromatic carbocycles. The molecule has 0 saturated heterocycles. The Hall–Kier alpha value is -5.88. The maximum Gasteiger partial charge on any atom is 0.121 e. The lowest BCUT2D eigenvalue weighted by atomic mass is 9.65. The molecule has 350 valence electrons. The molecule has 0 aromatic heterocycles. The molecular formula is C60H74O6. The van der Waals surface area contributed by atoms with Gasteiger partial charge in [-0.15, -0.1) is 0 Å². The van der Waals surface area contributed by atoms with Crippen molar-refractivity contribution in [3.63, 3.8) is 0 Å². The maximum absolute atomic E-state index is 5.46. The molecule has 0 bridgehead atoms. The van der Waals surface area contributed by atoms with Crippen LogP contribution in [0, 0.1) is 13.8 Å². The van der Waals surface area contributed by atoms with Gasteiger partial charge in [-0.05, 0) is 151 Å². The summed E-state index contributed by atoms with van der Waals surface area (Å²) in [6, 6.07) is 47.3. The lowest BCUT2D eigenvalue weighted by Gasteiger charge is -2.39. The number of hydrogen-bond donors (Lipinski definition) is 0. The van der Waals surface area contributed by atoms with E-state index in [0.29, 0.717) is 0 Å². The molecule has 2 aliphatic rings. The number of aryl methyl sites for hydroxylation is 2. The molecule has 8 rings (SSSR count). The van der Waals surface area contributed by atoms with Crippen LogP contribution >= 0.6 is 0 Å². The van der Waals surface area contributed by atoms with Crippen LogP contribution in [0.4, 0.5) is 0 Å². The van der Waals surface area contributed by atoms with Gasteiger partial charge in [0.1, 0.15) is 34.5 Å². The molecule has 0 aliphatic heterocycles. The second-order valence-corrected chi connectivity index (χ2v) is 18.3. The smallest absolute Gasteiger partial charge is 0.121 e. The van der Waals surface area contributed by atoms with Gasteiger partial charge in [0.05, 0.1) is 42.7 Å². The molecule has 66 heavy (non-hydrogen) atoms. The molecule has 2 aliphatic carbocycles. The molecule has 2 saturated carbocycles. The van der Waals surface area contributed by atoms with Gasteiger partial charge < -0.3 is 28.4 Å². The Morgan fingerprint density at radius 2 is 0.667 bits per heavy atom. The van der Waals surface area contributed by atoms with E-state index in [9.17, 15) is 0 Å². The van der Waals surface area contributed by atoms with E-state index in [-0.39, 0.29) is 16.2 Å². The topological polar surface area (TPSA) is 55.4 Å². The summed E-state index contributed by atoms with van der Waals surface area (Å²) in [5, 5.41) is 0. The van der Waals surface area contributed by atoms with Crippen LogP contribution in [-0.2, 0) is 16.2 Å². The van der Waals surface area contributed by atoms with Crippen LogP contribution in [0.3, 0.4) is 0 Å². The zero-order valence-corrected chi connectivity index (χ0v) is 41.4. The van der Waals surface area contributed by atoms with Crippen LogP contribution in [0.25, 0.3) is 0 Å². The minimum Gasteiger partial charge on any atom is -0.497 e. The van der Waals surface area contributed by atoms with Crippen molar-refractivity contribution in [2.75, 3.05) is 42.7 Å². The molecule has 2 fully saturated rings. The van der Waals surface area contributed by atoms with Crippen molar-refractivity contribution >= 4 is 0 Å². The average Bonchev–Trinajstić information content (AvgIpc) is 3.39. The van der Waals surface area contributed by atoms with Crippen LogP contribution in [0.2, 0.25) is 0 Å². The van der Waals surface area contributed by atoms with Crippen LogP contribution in [-0.4, -0.2) is 42.7 Å². The zero-order valence-electron chi connectivity index (χ0n) is 41.4. The molecule has 0 unspecified atom stereocenters. The van der Waals surface area contributed by atoms with Crippen LogP contribution in [0.15, 0.2) is 133 Å². The Kier molecular flexibility index (Phi) is 17.3. The minimum atomic E-state index is -0.00145. The standard InChI is InChI=1S/C22H28O2.C20H24O2.C18H22O2/c1-16-14-18(8-10-20(16)23-3)22(12-6-5-7-13-22)19-9-11-21(24-4)17(2)15-19;1-21-18-10-6-16(7-11-18)20(14-4-3-5-15-20)17-8-12-19(22-2)13-9-17;1-5-18(2,14-6-10-16(19-3)11-7-14)15-8-12-17(20-4)13-9-15/h8-11,14-15H,5-7,12-13H2,1-4H3;6-13H,3-5,14-15H2,1-2H3;6-13H,5H2,1-4H3. The van der Waals surface area contributed by atoms with Crippen molar-refractivity contribution < 1.29 is 28.4 Å². The molecule has 0 radical (unpaired) electrons. The number of hydrogen-bond acceptors (Lipinski definition) is 6. The lowest BCUT2D eigenvalue weighted by molar-refractivity contribution is 0.344. The zero-order chi connectivity index (χ0) is 47.2. The quantitative estimate of drug-likeness (QED) is 0.115.